The minimum Gasteiger partial charge on any atom is -0.448 e. The summed E-state index contributed by atoms with van der Waals surface area (Å²) in [5.41, 5.74) is 3.90. The maximum Gasteiger partial charge on any atom is 0.363 e. The average molecular weight is 635 g/mol. The monoisotopic (exact) mass is 634 g/mol. The van der Waals surface area contributed by atoms with Gasteiger partial charge >= 0.3 is 5.97 Å². The van der Waals surface area contributed by atoms with Gasteiger partial charge in [-0.15, -0.1) is 11.3 Å². The number of anilines is 1. The summed E-state index contributed by atoms with van der Waals surface area (Å²) in [5.74, 6) is -0.738. The zero-order valence-corrected chi connectivity index (χ0v) is 26.1. The summed E-state index contributed by atoms with van der Waals surface area (Å²) in [6.45, 7) is -0.341. The molecule has 0 amide bonds. The van der Waals surface area contributed by atoms with Crippen LogP contribution in [-0.2, 0) is 19.9 Å². The molecule has 5 aromatic carbocycles. The maximum absolute atomic E-state index is 13.9. The highest BCUT2D eigenvalue weighted by Crippen LogP contribution is 2.40. The van der Waals surface area contributed by atoms with Gasteiger partial charge in [0.2, 0.25) is 12.3 Å². The van der Waals surface area contributed by atoms with Gasteiger partial charge in [-0.25, -0.2) is 9.78 Å². The summed E-state index contributed by atoms with van der Waals surface area (Å²) < 4.78 is 6.10. The minimum absolute atomic E-state index is 0.147. The number of rotatable bonds is 12. The number of esters is 1. The molecule has 0 radical (unpaired) electrons. The molecule has 0 aliphatic carbocycles. The number of thiazole rings is 1. The molecule has 0 bridgehead atoms. The van der Waals surface area contributed by atoms with Crippen molar-refractivity contribution < 1.29 is 14.4 Å². The number of nitrogens with one attached hydrogen (secondary N) is 1. The highest BCUT2D eigenvalue weighted by atomic mass is 32.1. The van der Waals surface area contributed by atoms with E-state index in [1.807, 2.05) is 121 Å². The van der Waals surface area contributed by atoms with E-state index in [1.165, 1.54) is 11.3 Å². The molecule has 0 fully saturated rings. The molecule has 1 N–H and O–H groups in total. The number of hydrogen-bond acceptors (Lipinski definition) is 8. The van der Waals surface area contributed by atoms with E-state index in [9.17, 15) is 4.79 Å². The van der Waals surface area contributed by atoms with Crippen LogP contribution in [0.3, 0.4) is 0 Å². The van der Waals surface area contributed by atoms with Crippen LogP contribution in [0, 0.1) is 11.3 Å². The summed E-state index contributed by atoms with van der Waals surface area (Å²) in [6.07, 6.45) is -0.704. The molecule has 0 saturated heterocycles. The molecule has 47 heavy (non-hydrogen) atoms. The molecule has 0 atom stereocenters. The highest BCUT2D eigenvalue weighted by molar-refractivity contribution is 7.14. The van der Waals surface area contributed by atoms with Gasteiger partial charge in [0.1, 0.15) is 17.3 Å². The summed E-state index contributed by atoms with van der Waals surface area (Å²) in [6, 6.07) is 51.3. The van der Waals surface area contributed by atoms with Crippen molar-refractivity contribution in [3.05, 3.63) is 191 Å². The molecule has 0 unspecified atom stereocenters. The van der Waals surface area contributed by atoms with Gasteiger partial charge in [0.05, 0.1) is 0 Å². The van der Waals surface area contributed by atoms with Gasteiger partial charge in [-0.05, 0) is 27.8 Å². The Morgan fingerprint density at radius 1 is 0.745 bits per heavy atom. The van der Waals surface area contributed by atoms with Gasteiger partial charge in [-0.1, -0.05) is 157 Å². The number of nitriles is 1. The van der Waals surface area contributed by atoms with E-state index in [2.05, 4.69) is 46.9 Å². The lowest BCUT2D eigenvalue weighted by atomic mass is 9.77. The third-order valence-corrected chi connectivity index (χ3v) is 8.33. The van der Waals surface area contributed by atoms with E-state index in [-0.39, 0.29) is 18.0 Å². The molecule has 1 heterocycles. The molecule has 7 nitrogen and oxygen atoms in total. The zero-order chi connectivity index (χ0) is 32.3. The third-order valence-electron chi connectivity index (χ3n) is 7.57. The number of nitrogens with zero attached hydrogens (tertiary/aromatic N) is 3. The van der Waals surface area contributed by atoms with E-state index in [0.717, 1.165) is 27.8 Å². The average Bonchev–Trinajstić information content (AvgIpc) is 3.61. The zero-order valence-electron chi connectivity index (χ0n) is 25.3. The molecule has 0 aliphatic heterocycles. The van der Waals surface area contributed by atoms with Crippen LogP contribution in [0.25, 0.3) is 0 Å². The van der Waals surface area contributed by atoms with Gasteiger partial charge in [0.15, 0.2) is 11.2 Å². The molecule has 0 spiro atoms. The van der Waals surface area contributed by atoms with Crippen molar-refractivity contribution >= 4 is 28.1 Å². The van der Waals surface area contributed by atoms with Crippen LogP contribution in [0.1, 0.15) is 39.6 Å². The molecule has 8 heteroatoms. The SMILES string of the molecule is N#CCO/N=C(\C(=O)OC(c1ccccc1)c1ccccc1)c1csc(NC(c2ccccc2)(c2ccccc2)c2ccccc2)n1. The lowest BCUT2D eigenvalue weighted by Gasteiger charge is -2.36. The first-order valence-electron chi connectivity index (χ1n) is 15.0. The van der Waals surface area contributed by atoms with Crippen molar-refractivity contribution in [2.75, 3.05) is 11.9 Å². The Morgan fingerprint density at radius 3 is 1.64 bits per heavy atom. The highest BCUT2D eigenvalue weighted by Gasteiger charge is 2.37. The Kier molecular flexibility index (Phi) is 9.77. The third kappa shape index (κ3) is 6.96. The van der Waals surface area contributed by atoms with Crippen molar-refractivity contribution in [2.45, 2.75) is 11.6 Å². The second kappa shape index (κ2) is 14.8. The Bertz CT molecular complexity index is 1820. The number of ether oxygens (including phenoxy) is 1. The number of benzene rings is 5. The number of oxime groups is 1. The fraction of sp³-hybridized carbons (Fsp3) is 0.0769. The molecular weight excluding hydrogens is 605 g/mol. The van der Waals surface area contributed by atoms with E-state index in [1.54, 1.807) is 5.38 Å². The number of hydrogen-bond donors (Lipinski definition) is 1. The number of carbonyl (C=O) groups is 1. The van der Waals surface area contributed by atoms with E-state index in [0.29, 0.717) is 5.13 Å². The number of carbonyl (C=O) groups excluding carboxylic acids is 1. The van der Waals surface area contributed by atoms with Crippen molar-refractivity contribution in [3.63, 3.8) is 0 Å². The fourth-order valence-electron chi connectivity index (χ4n) is 5.44. The molecular formula is C39H30N4O3S. The van der Waals surface area contributed by atoms with Gasteiger partial charge < -0.3 is 14.9 Å². The summed E-state index contributed by atoms with van der Waals surface area (Å²) in [5, 5.41) is 19.1. The van der Waals surface area contributed by atoms with Crippen LogP contribution in [-0.4, -0.2) is 23.3 Å². The number of aromatic nitrogens is 1. The van der Waals surface area contributed by atoms with Crippen LogP contribution < -0.4 is 5.32 Å². The standard InChI is InChI=1S/C39H30N4O3S/c40-26-27-45-43-35(37(44)46-36(29-16-6-1-7-17-29)30-18-8-2-9-19-30)34-28-47-38(41-34)42-39(31-20-10-3-11-21-31,32-22-12-4-13-23-32)33-24-14-5-15-25-33/h1-25,28,36H,27H2,(H,41,42)/b43-35-. The normalized spacial score (nSPS) is 11.4. The van der Waals surface area contributed by atoms with Crippen LogP contribution in [0.5, 0.6) is 0 Å². The van der Waals surface area contributed by atoms with Crippen molar-refractivity contribution in [1.29, 1.82) is 5.26 Å². The minimum atomic E-state index is -0.820. The smallest absolute Gasteiger partial charge is 0.363 e. The predicted molar refractivity (Wildman–Crippen MR) is 184 cm³/mol. The lowest BCUT2D eigenvalue weighted by molar-refractivity contribution is -0.139. The quantitative estimate of drug-likeness (QED) is 0.0480. The van der Waals surface area contributed by atoms with Gasteiger partial charge in [0, 0.05) is 5.38 Å². The van der Waals surface area contributed by atoms with Gasteiger partial charge in [-0.3, -0.25) is 0 Å². The molecule has 6 rings (SSSR count). The van der Waals surface area contributed by atoms with Gasteiger partial charge in [-0.2, -0.15) is 5.26 Å². The van der Waals surface area contributed by atoms with E-state index in [4.69, 9.17) is 19.8 Å². The Morgan fingerprint density at radius 2 is 1.19 bits per heavy atom. The molecule has 1 aromatic heterocycles. The Hall–Kier alpha value is -6.04. The van der Waals surface area contributed by atoms with Crippen LogP contribution in [0.2, 0.25) is 0 Å². The van der Waals surface area contributed by atoms with Gasteiger partial charge in [0.25, 0.3) is 0 Å². The topological polar surface area (TPSA) is 96.6 Å². The molecule has 6 aromatic rings. The van der Waals surface area contributed by atoms with Crippen molar-refractivity contribution in [1.82, 2.24) is 4.98 Å². The Balaban J connectivity index is 1.39. The first-order valence-corrected chi connectivity index (χ1v) is 15.9. The Labute approximate surface area is 277 Å². The molecule has 0 aliphatic rings. The summed E-state index contributed by atoms with van der Waals surface area (Å²) >= 11 is 1.33. The first-order chi connectivity index (χ1) is 23.2. The largest absolute Gasteiger partial charge is 0.448 e. The maximum atomic E-state index is 13.9. The van der Waals surface area contributed by atoms with E-state index < -0.39 is 17.6 Å². The van der Waals surface area contributed by atoms with Crippen molar-refractivity contribution in [3.8, 4) is 6.07 Å². The summed E-state index contributed by atoms with van der Waals surface area (Å²) in [7, 11) is 0. The van der Waals surface area contributed by atoms with Crippen LogP contribution in [0.4, 0.5) is 5.13 Å². The predicted octanol–water partition coefficient (Wildman–Crippen LogP) is 8.12. The molecule has 230 valence electrons. The van der Waals surface area contributed by atoms with Crippen LogP contribution in [0.15, 0.2) is 162 Å². The molecule has 0 saturated carbocycles. The lowest BCUT2D eigenvalue weighted by Crippen LogP contribution is -2.38. The van der Waals surface area contributed by atoms with Crippen LogP contribution >= 0.6 is 11.3 Å². The second-order valence-corrected chi connectivity index (χ2v) is 11.3. The van der Waals surface area contributed by atoms with Crippen molar-refractivity contribution in [2.24, 2.45) is 5.16 Å². The second-order valence-electron chi connectivity index (χ2n) is 10.5. The summed E-state index contributed by atoms with van der Waals surface area (Å²) in [4.78, 5) is 23.9. The fourth-order valence-corrected chi connectivity index (χ4v) is 6.19. The first kappa shape index (κ1) is 31.0. The van der Waals surface area contributed by atoms with E-state index >= 15 is 0 Å².